The topological polar surface area (TPSA) is 37.3 Å². The second-order valence-electron chi connectivity index (χ2n) is 4.76. The molecule has 4 heteroatoms. The molecule has 1 heterocycles. The monoisotopic (exact) mass is 312 g/mol. The Hall–Kier alpha value is -0.870. The van der Waals surface area contributed by atoms with Gasteiger partial charge < -0.3 is 5.11 Å². The lowest BCUT2D eigenvalue weighted by Gasteiger charge is -2.17. The minimum Gasteiger partial charge on any atom is -0.481 e. The van der Waals surface area contributed by atoms with E-state index in [1.54, 1.807) is 25.2 Å². The molecule has 90 valence electrons. The molecule has 0 aliphatic rings. The van der Waals surface area contributed by atoms with E-state index in [-0.39, 0.29) is 0 Å². The molecular formula is C13H13BrO2S. The van der Waals surface area contributed by atoms with Crippen LogP contribution in [0.5, 0.6) is 0 Å². The van der Waals surface area contributed by atoms with Crippen LogP contribution in [0.1, 0.15) is 18.7 Å². The Morgan fingerprint density at radius 1 is 1.41 bits per heavy atom. The van der Waals surface area contributed by atoms with Gasteiger partial charge in [0, 0.05) is 14.0 Å². The first-order valence-electron chi connectivity index (χ1n) is 5.30. The maximum absolute atomic E-state index is 11.1. The van der Waals surface area contributed by atoms with Gasteiger partial charge in [0.1, 0.15) is 0 Å². The first kappa shape index (κ1) is 12.6. The predicted molar refractivity (Wildman–Crippen MR) is 74.6 cm³/mol. The van der Waals surface area contributed by atoms with Gasteiger partial charge in [0.25, 0.3) is 0 Å². The predicted octanol–water partition coefficient (Wildman–Crippen LogP) is 4.32. The van der Waals surface area contributed by atoms with Crippen molar-refractivity contribution in [1.29, 1.82) is 0 Å². The van der Waals surface area contributed by atoms with E-state index in [1.807, 2.05) is 12.1 Å². The highest BCUT2D eigenvalue weighted by Gasteiger charge is 2.28. The lowest BCUT2D eigenvalue weighted by atomic mass is 9.89. The standard InChI is InChI=1S/C13H13BrO2S/c1-13(2,12(15)16)7-10-5-8-3-4-9(14)6-11(8)17-10/h3-6H,7H2,1-2H3,(H,15,16). The molecule has 1 aromatic heterocycles. The van der Waals surface area contributed by atoms with Gasteiger partial charge in [-0.1, -0.05) is 22.0 Å². The zero-order valence-corrected chi connectivity index (χ0v) is 12.1. The molecule has 0 saturated heterocycles. The first-order chi connectivity index (χ1) is 7.88. The van der Waals surface area contributed by atoms with Crippen molar-refractivity contribution in [3.05, 3.63) is 33.6 Å². The number of carboxylic acids is 1. The van der Waals surface area contributed by atoms with Crippen molar-refractivity contribution in [3.63, 3.8) is 0 Å². The summed E-state index contributed by atoms with van der Waals surface area (Å²) < 4.78 is 2.24. The number of hydrogen-bond donors (Lipinski definition) is 1. The Morgan fingerprint density at radius 3 is 2.76 bits per heavy atom. The number of rotatable bonds is 3. The molecule has 0 unspecified atom stereocenters. The second-order valence-corrected chi connectivity index (χ2v) is 6.84. The zero-order chi connectivity index (χ0) is 12.6. The van der Waals surface area contributed by atoms with Crippen molar-refractivity contribution >= 4 is 43.3 Å². The van der Waals surface area contributed by atoms with Crippen molar-refractivity contribution in [2.45, 2.75) is 20.3 Å². The fourth-order valence-electron chi connectivity index (χ4n) is 1.66. The third kappa shape index (κ3) is 2.69. The Morgan fingerprint density at radius 2 is 2.12 bits per heavy atom. The number of thiophene rings is 1. The van der Waals surface area contributed by atoms with Gasteiger partial charge in [-0.05, 0) is 43.9 Å². The molecule has 2 nitrogen and oxygen atoms in total. The van der Waals surface area contributed by atoms with Gasteiger partial charge in [0.05, 0.1) is 5.41 Å². The molecule has 0 amide bonds. The molecular weight excluding hydrogens is 300 g/mol. The highest BCUT2D eigenvalue weighted by atomic mass is 79.9. The number of halogens is 1. The van der Waals surface area contributed by atoms with Gasteiger partial charge in [-0.25, -0.2) is 0 Å². The number of aliphatic carboxylic acids is 1. The number of benzene rings is 1. The average molecular weight is 313 g/mol. The van der Waals surface area contributed by atoms with Crippen LogP contribution in [0.2, 0.25) is 0 Å². The first-order valence-corrected chi connectivity index (χ1v) is 6.91. The summed E-state index contributed by atoms with van der Waals surface area (Å²) in [6, 6.07) is 8.20. The van der Waals surface area contributed by atoms with Gasteiger partial charge in [-0.15, -0.1) is 11.3 Å². The Balaban J connectivity index is 2.34. The summed E-state index contributed by atoms with van der Waals surface area (Å²) in [5, 5.41) is 10.3. The summed E-state index contributed by atoms with van der Waals surface area (Å²) in [5.74, 6) is -0.754. The van der Waals surface area contributed by atoms with E-state index in [9.17, 15) is 4.79 Å². The molecule has 0 aliphatic carbocycles. The zero-order valence-electron chi connectivity index (χ0n) is 9.66. The molecule has 1 N–H and O–H groups in total. The maximum atomic E-state index is 11.1. The quantitative estimate of drug-likeness (QED) is 0.916. The molecule has 2 rings (SSSR count). The third-order valence-corrected chi connectivity index (χ3v) is 4.32. The van der Waals surface area contributed by atoms with Crippen molar-refractivity contribution in [1.82, 2.24) is 0 Å². The Labute approximate surface area is 112 Å². The summed E-state index contributed by atoms with van der Waals surface area (Å²) in [6.45, 7) is 3.52. The van der Waals surface area contributed by atoms with Gasteiger partial charge in [0.15, 0.2) is 0 Å². The van der Waals surface area contributed by atoms with E-state index in [0.717, 1.165) is 9.35 Å². The fourth-order valence-corrected chi connectivity index (χ4v) is 3.50. The molecule has 1 aromatic carbocycles. The van der Waals surface area contributed by atoms with E-state index >= 15 is 0 Å². The average Bonchev–Trinajstić information content (AvgIpc) is 2.57. The van der Waals surface area contributed by atoms with Gasteiger partial charge >= 0.3 is 5.97 Å². The lowest BCUT2D eigenvalue weighted by molar-refractivity contribution is -0.146. The number of carboxylic acid groups (broad SMARTS) is 1. The summed E-state index contributed by atoms with van der Waals surface area (Å²) in [5.41, 5.74) is -0.710. The molecule has 0 fully saturated rings. The summed E-state index contributed by atoms with van der Waals surface area (Å²) in [7, 11) is 0. The van der Waals surface area contributed by atoms with Crippen LogP contribution in [0.3, 0.4) is 0 Å². The van der Waals surface area contributed by atoms with Gasteiger partial charge in [0.2, 0.25) is 0 Å². The number of fused-ring (bicyclic) bond motifs is 1. The largest absolute Gasteiger partial charge is 0.481 e. The maximum Gasteiger partial charge on any atom is 0.309 e. The van der Waals surface area contributed by atoms with Crippen molar-refractivity contribution < 1.29 is 9.90 Å². The van der Waals surface area contributed by atoms with Crippen molar-refractivity contribution in [2.75, 3.05) is 0 Å². The van der Waals surface area contributed by atoms with Crippen LogP contribution in [-0.4, -0.2) is 11.1 Å². The molecule has 0 saturated carbocycles. The van der Waals surface area contributed by atoms with E-state index in [1.165, 1.54) is 10.1 Å². The van der Waals surface area contributed by atoms with E-state index < -0.39 is 11.4 Å². The molecule has 2 aromatic rings. The minimum absolute atomic E-state index is 0.569. The Bertz CT molecular complexity index is 572. The summed E-state index contributed by atoms with van der Waals surface area (Å²) in [6.07, 6.45) is 0.569. The summed E-state index contributed by atoms with van der Waals surface area (Å²) >= 11 is 5.10. The molecule has 0 aliphatic heterocycles. The van der Waals surface area contributed by atoms with Crippen LogP contribution in [0, 0.1) is 5.41 Å². The van der Waals surface area contributed by atoms with Gasteiger partial charge in [-0.2, -0.15) is 0 Å². The van der Waals surface area contributed by atoms with Gasteiger partial charge in [-0.3, -0.25) is 4.79 Å². The van der Waals surface area contributed by atoms with Crippen molar-refractivity contribution in [2.24, 2.45) is 5.41 Å². The van der Waals surface area contributed by atoms with Crippen LogP contribution in [-0.2, 0) is 11.2 Å². The number of hydrogen-bond acceptors (Lipinski definition) is 2. The van der Waals surface area contributed by atoms with Crippen LogP contribution in [0.15, 0.2) is 28.7 Å². The molecule has 0 atom stereocenters. The minimum atomic E-state index is -0.754. The normalized spacial score (nSPS) is 11.9. The highest BCUT2D eigenvalue weighted by molar-refractivity contribution is 9.10. The van der Waals surface area contributed by atoms with Crippen LogP contribution < -0.4 is 0 Å². The SMILES string of the molecule is CC(C)(Cc1cc2ccc(Br)cc2s1)C(=O)O. The van der Waals surface area contributed by atoms with E-state index in [0.29, 0.717) is 6.42 Å². The highest BCUT2D eigenvalue weighted by Crippen LogP contribution is 2.32. The van der Waals surface area contributed by atoms with Crippen LogP contribution in [0.25, 0.3) is 10.1 Å². The fraction of sp³-hybridized carbons (Fsp3) is 0.308. The molecule has 17 heavy (non-hydrogen) atoms. The van der Waals surface area contributed by atoms with Crippen LogP contribution >= 0.6 is 27.3 Å². The van der Waals surface area contributed by atoms with E-state index in [4.69, 9.17) is 5.11 Å². The Kier molecular flexibility index (Phi) is 3.27. The summed E-state index contributed by atoms with van der Waals surface area (Å²) in [4.78, 5) is 12.2. The molecule has 0 spiro atoms. The van der Waals surface area contributed by atoms with Crippen LogP contribution in [0.4, 0.5) is 0 Å². The second kappa shape index (κ2) is 4.42. The lowest BCUT2D eigenvalue weighted by Crippen LogP contribution is -2.25. The molecule has 0 radical (unpaired) electrons. The molecule has 0 bridgehead atoms. The third-order valence-electron chi connectivity index (χ3n) is 2.73. The smallest absolute Gasteiger partial charge is 0.309 e. The van der Waals surface area contributed by atoms with Crippen molar-refractivity contribution in [3.8, 4) is 0 Å². The number of carbonyl (C=O) groups is 1. The van der Waals surface area contributed by atoms with E-state index in [2.05, 4.69) is 28.1 Å².